The third-order valence-corrected chi connectivity index (χ3v) is 7.86. The molecule has 1 aliphatic carbocycles. The Hall–Kier alpha value is -3.18. The maximum Gasteiger partial charge on any atom is 0.421 e. The number of alkyl halides is 3. The molecule has 1 atom stereocenters. The quantitative estimate of drug-likeness (QED) is 0.633. The maximum atomic E-state index is 14.9. The van der Waals surface area contributed by atoms with Gasteiger partial charge in [0.25, 0.3) is 5.91 Å². The molecular weight excluding hydrogens is 497 g/mol. The van der Waals surface area contributed by atoms with Crippen LogP contribution in [0.4, 0.5) is 18.9 Å². The standard InChI is InChI=1S/C25H25F3N2O5S/c1-15-5-11-18(12-6-15)36(33,34)29-24(25(26,27)28)21-19(13-23(2,3)14-20(21)31)30(22(24)32)16-7-9-17(35-4)10-8-16/h5-12,29H,13-14H2,1-4H3/t24-/m0/s1. The van der Waals surface area contributed by atoms with Gasteiger partial charge in [-0.15, -0.1) is 0 Å². The van der Waals surface area contributed by atoms with Gasteiger partial charge in [-0.25, -0.2) is 8.42 Å². The highest BCUT2D eigenvalue weighted by Gasteiger charge is 2.72. The minimum Gasteiger partial charge on any atom is -0.497 e. The molecule has 2 aromatic rings. The molecule has 192 valence electrons. The Balaban J connectivity index is 1.96. The van der Waals surface area contributed by atoms with Crippen LogP contribution < -0.4 is 14.4 Å². The average molecular weight is 523 g/mol. The Morgan fingerprint density at radius 2 is 1.56 bits per heavy atom. The monoisotopic (exact) mass is 522 g/mol. The highest BCUT2D eigenvalue weighted by atomic mass is 32.2. The van der Waals surface area contributed by atoms with E-state index in [9.17, 15) is 31.2 Å². The number of nitrogens with one attached hydrogen (secondary N) is 1. The zero-order valence-electron chi connectivity index (χ0n) is 20.1. The second kappa shape index (κ2) is 8.45. The van der Waals surface area contributed by atoms with E-state index in [4.69, 9.17) is 4.74 Å². The summed E-state index contributed by atoms with van der Waals surface area (Å²) in [5.41, 5.74) is -4.84. The molecule has 1 amide bonds. The van der Waals surface area contributed by atoms with Gasteiger partial charge < -0.3 is 4.74 Å². The fraction of sp³-hybridized carbons (Fsp3) is 0.360. The fourth-order valence-electron chi connectivity index (χ4n) is 4.70. The van der Waals surface area contributed by atoms with E-state index in [0.717, 1.165) is 17.0 Å². The largest absolute Gasteiger partial charge is 0.497 e. The van der Waals surface area contributed by atoms with Crippen molar-refractivity contribution < 1.29 is 35.9 Å². The number of carbonyl (C=O) groups excluding carboxylic acids is 2. The molecule has 36 heavy (non-hydrogen) atoms. The van der Waals surface area contributed by atoms with E-state index in [0.29, 0.717) is 11.3 Å². The van der Waals surface area contributed by atoms with Crippen LogP contribution in [0.15, 0.2) is 64.7 Å². The number of amides is 1. The lowest BCUT2D eigenvalue weighted by Crippen LogP contribution is -2.66. The molecule has 0 unspecified atom stereocenters. The molecule has 4 rings (SSSR count). The van der Waals surface area contributed by atoms with Gasteiger partial charge in [0.05, 0.1) is 17.6 Å². The van der Waals surface area contributed by atoms with Crippen LogP contribution in [-0.2, 0) is 19.6 Å². The smallest absolute Gasteiger partial charge is 0.421 e. The second-order valence-corrected chi connectivity index (χ2v) is 11.4. The number of benzene rings is 2. The van der Waals surface area contributed by atoms with Crippen LogP contribution in [0, 0.1) is 12.3 Å². The molecule has 0 radical (unpaired) electrons. The number of aryl methyl sites for hydroxylation is 1. The number of hydrogen-bond acceptors (Lipinski definition) is 5. The van der Waals surface area contributed by atoms with Crippen molar-refractivity contribution in [2.75, 3.05) is 12.0 Å². The molecule has 7 nitrogen and oxygen atoms in total. The Labute approximate surface area is 207 Å². The molecule has 0 saturated heterocycles. The fourth-order valence-corrected chi connectivity index (χ4v) is 6.02. The molecule has 0 saturated carbocycles. The van der Waals surface area contributed by atoms with Crippen LogP contribution in [0.5, 0.6) is 5.75 Å². The number of allylic oxidation sites excluding steroid dienone is 1. The van der Waals surface area contributed by atoms with Gasteiger partial charge in [-0.05, 0) is 55.2 Å². The zero-order valence-corrected chi connectivity index (χ0v) is 20.9. The number of rotatable bonds is 5. The summed E-state index contributed by atoms with van der Waals surface area (Å²) in [7, 11) is -3.47. The van der Waals surface area contributed by atoms with E-state index < -0.39 is 49.3 Å². The third-order valence-electron chi connectivity index (χ3n) is 6.40. The normalized spacial score (nSPS) is 22.1. The second-order valence-electron chi connectivity index (χ2n) is 9.77. The van der Waals surface area contributed by atoms with Gasteiger partial charge in [0, 0.05) is 17.8 Å². The predicted octanol–water partition coefficient (Wildman–Crippen LogP) is 4.27. The van der Waals surface area contributed by atoms with Gasteiger partial charge in [0.1, 0.15) is 5.75 Å². The highest BCUT2D eigenvalue weighted by molar-refractivity contribution is 7.89. The van der Waals surface area contributed by atoms with Crippen molar-refractivity contribution in [1.29, 1.82) is 0 Å². The molecule has 0 spiro atoms. The molecule has 1 N–H and O–H groups in total. The van der Waals surface area contributed by atoms with Crippen LogP contribution >= 0.6 is 0 Å². The lowest BCUT2D eigenvalue weighted by Gasteiger charge is -2.35. The predicted molar refractivity (Wildman–Crippen MR) is 126 cm³/mol. The number of anilines is 1. The SMILES string of the molecule is COc1ccc(N2C(=O)[C@](NS(=O)(=O)c3ccc(C)cc3)(C(F)(F)F)C3=C2CC(C)(C)CC3=O)cc1. The van der Waals surface area contributed by atoms with Gasteiger partial charge >= 0.3 is 6.18 Å². The van der Waals surface area contributed by atoms with E-state index in [1.54, 1.807) is 25.5 Å². The maximum absolute atomic E-state index is 14.9. The highest BCUT2D eigenvalue weighted by Crippen LogP contribution is 2.53. The molecule has 11 heteroatoms. The van der Waals surface area contributed by atoms with E-state index in [2.05, 4.69) is 0 Å². The average Bonchev–Trinajstić information content (AvgIpc) is 3.01. The van der Waals surface area contributed by atoms with Crippen LogP contribution in [0.3, 0.4) is 0 Å². The van der Waals surface area contributed by atoms with E-state index in [1.165, 1.54) is 43.5 Å². The molecule has 1 aliphatic heterocycles. The Bertz CT molecular complexity index is 1360. The van der Waals surface area contributed by atoms with E-state index in [-0.39, 0.29) is 24.2 Å². The van der Waals surface area contributed by atoms with Crippen molar-refractivity contribution in [3.05, 3.63) is 65.4 Å². The molecular formula is C25H25F3N2O5S. The van der Waals surface area contributed by atoms with Crippen molar-refractivity contribution in [3.63, 3.8) is 0 Å². The van der Waals surface area contributed by atoms with Crippen LogP contribution in [0.1, 0.15) is 32.3 Å². The Morgan fingerprint density at radius 3 is 2.08 bits per heavy atom. The first-order chi connectivity index (χ1) is 16.6. The number of ketones is 1. The number of ether oxygens (including phenoxy) is 1. The minimum absolute atomic E-state index is 0.0457. The number of hydrogen-bond donors (Lipinski definition) is 1. The third kappa shape index (κ3) is 4.09. The minimum atomic E-state index is -5.46. The van der Waals surface area contributed by atoms with Crippen molar-refractivity contribution in [3.8, 4) is 5.75 Å². The van der Waals surface area contributed by atoms with Crippen LogP contribution in [-0.4, -0.2) is 38.9 Å². The first-order valence-corrected chi connectivity index (χ1v) is 12.5. The molecule has 1 heterocycles. The topological polar surface area (TPSA) is 92.8 Å². The van der Waals surface area contributed by atoms with Crippen molar-refractivity contribution in [2.45, 2.75) is 50.2 Å². The van der Waals surface area contributed by atoms with E-state index in [1.807, 2.05) is 0 Å². The summed E-state index contributed by atoms with van der Waals surface area (Å²) in [6, 6.07) is 10.8. The lowest BCUT2D eigenvalue weighted by atomic mass is 9.72. The number of sulfonamides is 1. The summed E-state index contributed by atoms with van der Waals surface area (Å²) in [6.07, 6.45) is -5.78. The summed E-state index contributed by atoms with van der Waals surface area (Å²) in [4.78, 5) is 27.4. The summed E-state index contributed by atoms with van der Waals surface area (Å²) < 4.78 is 77.9. The number of methoxy groups -OCH3 is 1. The van der Waals surface area contributed by atoms with Crippen molar-refractivity contribution >= 4 is 27.4 Å². The Kier molecular flexibility index (Phi) is 6.08. The summed E-state index contributed by atoms with van der Waals surface area (Å²) >= 11 is 0. The summed E-state index contributed by atoms with van der Waals surface area (Å²) in [5, 5.41) is 0. The summed E-state index contributed by atoms with van der Waals surface area (Å²) in [6.45, 7) is 5.10. The molecule has 0 fully saturated rings. The first kappa shape index (κ1) is 25.9. The van der Waals surface area contributed by atoms with Crippen LogP contribution in [0.25, 0.3) is 0 Å². The van der Waals surface area contributed by atoms with E-state index >= 15 is 0 Å². The first-order valence-electron chi connectivity index (χ1n) is 11.1. The molecule has 0 bridgehead atoms. The van der Waals surface area contributed by atoms with Crippen molar-refractivity contribution in [1.82, 2.24) is 4.72 Å². The molecule has 2 aliphatic rings. The van der Waals surface area contributed by atoms with Gasteiger partial charge in [-0.3, -0.25) is 14.5 Å². The summed E-state index contributed by atoms with van der Waals surface area (Å²) in [5.74, 6) is -2.14. The number of carbonyl (C=O) groups is 2. The lowest BCUT2D eigenvalue weighted by molar-refractivity contribution is -0.184. The van der Waals surface area contributed by atoms with Gasteiger partial charge in [0.2, 0.25) is 15.6 Å². The number of halogens is 3. The zero-order chi connectivity index (χ0) is 26.7. The van der Waals surface area contributed by atoms with Gasteiger partial charge in [0.15, 0.2) is 5.78 Å². The molecule has 2 aromatic carbocycles. The van der Waals surface area contributed by atoms with Crippen LogP contribution in [0.2, 0.25) is 0 Å². The van der Waals surface area contributed by atoms with Crippen molar-refractivity contribution in [2.24, 2.45) is 5.41 Å². The molecule has 0 aromatic heterocycles. The van der Waals surface area contributed by atoms with Gasteiger partial charge in [-0.1, -0.05) is 31.5 Å². The van der Waals surface area contributed by atoms with Gasteiger partial charge in [-0.2, -0.15) is 17.9 Å². The number of Topliss-reactive ketones (excluding diaryl/α,β-unsaturated/α-hetero) is 1. The Morgan fingerprint density at radius 1 is 0.972 bits per heavy atom. The number of nitrogens with zero attached hydrogens (tertiary/aromatic N) is 1.